The van der Waals surface area contributed by atoms with Crippen molar-refractivity contribution in [1.82, 2.24) is 0 Å². The summed E-state index contributed by atoms with van der Waals surface area (Å²) in [5, 5.41) is 11.4. The second kappa shape index (κ2) is 6.21. The largest absolute Gasteiger partial charge is 0.508 e. The highest BCUT2D eigenvalue weighted by molar-refractivity contribution is 5.83. The van der Waals surface area contributed by atoms with Crippen LogP contribution in [0.1, 0.15) is 11.1 Å². The number of phenols is 1. The van der Waals surface area contributed by atoms with E-state index >= 15 is 0 Å². The lowest BCUT2D eigenvalue weighted by atomic mass is 10.1. The summed E-state index contributed by atoms with van der Waals surface area (Å²) in [4.78, 5) is 0. The van der Waals surface area contributed by atoms with E-state index in [0.29, 0.717) is 5.75 Å². The molecule has 1 N–H and O–H groups in total. The van der Waals surface area contributed by atoms with Gasteiger partial charge in [0.25, 0.3) is 0 Å². The molecule has 0 aliphatic heterocycles. The summed E-state index contributed by atoms with van der Waals surface area (Å²) >= 11 is 0. The smallest absolute Gasteiger partial charge is 0.116 e. The highest BCUT2D eigenvalue weighted by atomic mass is 16.3. The lowest BCUT2D eigenvalue weighted by molar-refractivity contribution is 0.476. The van der Waals surface area contributed by atoms with Gasteiger partial charge >= 0.3 is 0 Å². The Hall–Kier alpha value is -3.06. The maximum atomic E-state index is 9.13. The molecule has 0 amide bonds. The standard InChI is InChI=1S/C13H10.C10H8O/c1-3-7-12-10(5-1)9-11-6-2-4-8-13(11)12;11-10-6-5-8-3-1-2-4-9(8)7-10/h1-8H,9H2;1-7,11H. The number of aromatic hydroxyl groups is 1. The molecular formula is C23H18O. The van der Waals surface area contributed by atoms with Gasteiger partial charge in [0.2, 0.25) is 0 Å². The van der Waals surface area contributed by atoms with Crippen molar-refractivity contribution in [3.05, 3.63) is 102 Å². The van der Waals surface area contributed by atoms with E-state index in [1.54, 1.807) is 12.1 Å². The van der Waals surface area contributed by atoms with E-state index < -0.39 is 0 Å². The van der Waals surface area contributed by atoms with Crippen molar-refractivity contribution in [2.45, 2.75) is 6.42 Å². The SMILES string of the molecule is Oc1ccc2ccccc2c1.c1ccc2c(c1)Cc1ccccc1-2. The average molecular weight is 310 g/mol. The van der Waals surface area contributed by atoms with Crippen molar-refractivity contribution in [2.24, 2.45) is 0 Å². The highest BCUT2D eigenvalue weighted by Gasteiger charge is 2.15. The van der Waals surface area contributed by atoms with Crippen LogP contribution in [0.15, 0.2) is 91.0 Å². The average Bonchev–Trinajstić information content (AvgIpc) is 3.01. The normalized spacial score (nSPS) is 11.3. The highest BCUT2D eigenvalue weighted by Crippen LogP contribution is 2.35. The number of benzene rings is 4. The monoisotopic (exact) mass is 310 g/mol. The van der Waals surface area contributed by atoms with E-state index in [1.807, 2.05) is 30.3 Å². The molecule has 0 radical (unpaired) electrons. The maximum absolute atomic E-state index is 9.13. The minimum atomic E-state index is 0.323. The Morgan fingerprint density at radius 2 is 1.08 bits per heavy atom. The zero-order valence-electron chi connectivity index (χ0n) is 13.3. The second-order valence-corrected chi connectivity index (χ2v) is 6.02. The second-order valence-electron chi connectivity index (χ2n) is 6.02. The van der Waals surface area contributed by atoms with E-state index in [1.165, 1.54) is 22.3 Å². The van der Waals surface area contributed by atoms with Gasteiger partial charge < -0.3 is 5.11 Å². The molecule has 5 rings (SSSR count). The molecule has 0 fully saturated rings. The van der Waals surface area contributed by atoms with Gasteiger partial charge in [0, 0.05) is 0 Å². The Kier molecular flexibility index (Phi) is 3.76. The maximum Gasteiger partial charge on any atom is 0.116 e. The predicted octanol–water partition coefficient (Wildman–Crippen LogP) is 5.80. The molecule has 1 heteroatoms. The van der Waals surface area contributed by atoms with Gasteiger partial charge in [-0.3, -0.25) is 0 Å². The van der Waals surface area contributed by atoms with Gasteiger partial charge in [-0.15, -0.1) is 0 Å². The molecule has 0 saturated heterocycles. The Balaban J connectivity index is 0.000000123. The Morgan fingerprint density at radius 1 is 0.542 bits per heavy atom. The third-order valence-corrected chi connectivity index (χ3v) is 4.44. The first-order chi connectivity index (χ1) is 11.8. The molecule has 0 bridgehead atoms. The molecule has 116 valence electrons. The van der Waals surface area contributed by atoms with Crippen molar-refractivity contribution in [3.8, 4) is 16.9 Å². The molecule has 0 heterocycles. The van der Waals surface area contributed by atoms with E-state index in [2.05, 4.69) is 48.5 Å². The fourth-order valence-electron chi connectivity index (χ4n) is 3.26. The lowest BCUT2D eigenvalue weighted by Gasteiger charge is -1.98. The lowest BCUT2D eigenvalue weighted by Crippen LogP contribution is -1.77. The first kappa shape index (κ1) is 14.5. The van der Waals surface area contributed by atoms with Crippen molar-refractivity contribution >= 4 is 10.8 Å². The summed E-state index contributed by atoms with van der Waals surface area (Å²) in [6.07, 6.45) is 1.10. The minimum absolute atomic E-state index is 0.323. The van der Waals surface area contributed by atoms with Crippen LogP contribution in [0.4, 0.5) is 0 Å². The Morgan fingerprint density at radius 3 is 1.75 bits per heavy atom. The van der Waals surface area contributed by atoms with Crippen LogP contribution in [0, 0.1) is 0 Å². The minimum Gasteiger partial charge on any atom is -0.508 e. The van der Waals surface area contributed by atoms with Gasteiger partial charge in [-0.1, -0.05) is 78.9 Å². The zero-order chi connectivity index (χ0) is 16.4. The number of phenolic OH excluding ortho intramolecular Hbond substituents is 1. The summed E-state index contributed by atoms with van der Waals surface area (Å²) < 4.78 is 0. The first-order valence-electron chi connectivity index (χ1n) is 8.15. The predicted molar refractivity (Wildman–Crippen MR) is 100 cm³/mol. The van der Waals surface area contributed by atoms with Crippen molar-refractivity contribution < 1.29 is 5.11 Å². The zero-order valence-corrected chi connectivity index (χ0v) is 13.3. The molecule has 1 aliphatic carbocycles. The van der Waals surface area contributed by atoms with Gasteiger partial charge in [0.05, 0.1) is 0 Å². The van der Waals surface area contributed by atoms with E-state index in [9.17, 15) is 0 Å². The van der Waals surface area contributed by atoms with Crippen molar-refractivity contribution in [1.29, 1.82) is 0 Å². The van der Waals surface area contributed by atoms with Crippen LogP contribution in [0.25, 0.3) is 21.9 Å². The van der Waals surface area contributed by atoms with E-state index in [0.717, 1.165) is 17.2 Å². The molecule has 0 unspecified atom stereocenters. The Labute approximate surface area is 141 Å². The summed E-state index contributed by atoms with van der Waals surface area (Å²) in [7, 11) is 0. The molecule has 1 nitrogen and oxygen atoms in total. The van der Waals surface area contributed by atoms with Crippen LogP contribution in [0.3, 0.4) is 0 Å². The molecule has 0 aromatic heterocycles. The molecule has 0 saturated carbocycles. The fourth-order valence-corrected chi connectivity index (χ4v) is 3.26. The molecule has 24 heavy (non-hydrogen) atoms. The van der Waals surface area contributed by atoms with Crippen LogP contribution in [-0.4, -0.2) is 5.11 Å². The van der Waals surface area contributed by atoms with Gasteiger partial charge in [-0.25, -0.2) is 0 Å². The van der Waals surface area contributed by atoms with Crippen LogP contribution in [-0.2, 0) is 6.42 Å². The Bertz CT molecular complexity index is 958. The topological polar surface area (TPSA) is 20.2 Å². The third-order valence-electron chi connectivity index (χ3n) is 4.44. The van der Waals surface area contributed by atoms with Gasteiger partial charge in [0.1, 0.15) is 5.75 Å². The van der Waals surface area contributed by atoms with Crippen LogP contribution in [0.5, 0.6) is 5.75 Å². The van der Waals surface area contributed by atoms with Crippen LogP contribution in [0.2, 0.25) is 0 Å². The van der Waals surface area contributed by atoms with Gasteiger partial charge in [0.15, 0.2) is 0 Å². The van der Waals surface area contributed by atoms with Gasteiger partial charge in [-0.05, 0) is 51.6 Å². The fraction of sp³-hybridized carbons (Fsp3) is 0.0435. The number of hydrogen-bond acceptors (Lipinski definition) is 1. The van der Waals surface area contributed by atoms with Crippen molar-refractivity contribution in [2.75, 3.05) is 0 Å². The van der Waals surface area contributed by atoms with Crippen LogP contribution >= 0.6 is 0 Å². The first-order valence-corrected chi connectivity index (χ1v) is 8.15. The van der Waals surface area contributed by atoms with Crippen molar-refractivity contribution in [3.63, 3.8) is 0 Å². The summed E-state index contributed by atoms with van der Waals surface area (Å²) in [6, 6.07) is 30.6. The van der Waals surface area contributed by atoms with E-state index in [4.69, 9.17) is 5.11 Å². The number of fused-ring (bicyclic) bond motifs is 4. The molecule has 1 aliphatic rings. The summed E-state index contributed by atoms with van der Waals surface area (Å²) in [6.45, 7) is 0. The number of rotatable bonds is 0. The van der Waals surface area contributed by atoms with E-state index in [-0.39, 0.29) is 0 Å². The quantitative estimate of drug-likeness (QED) is 0.383. The molecule has 0 spiro atoms. The van der Waals surface area contributed by atoms with Gasteiger partial charge in [-0.2, -0.15) is 0 Å². The summed E-state index contributed by atoms with van der Waals surface area (Å²) in [5.74, 6) is 0.323. The third kappa shape index (κ3) is 2.77. The number of hydrogen-bond donors (Lipinski definition) is 1. The molecule has 4 aromatic carbocycles. The summed E-state index contributed by atoms with van der Waals surface area (Å²) in [5.41, 5.74) is 5.75. The molecule has 0 atom stereocenters. The molecule has 4 aromatic rings. The molecular weight excluding hydrogens is 292 g/mol. The van der Waals surface area contributed by atoms with Crippen LogP contribution < -0.4 is 0 Å².